The molecule has 0 radical (unpaired) electrons. The first-order valence-electron chi connectivity index (χ1n) is 12.2. The van der Waals surface area contributed by atoms with E-state index in [2.05, 4.69) is 30.8 Å². The molecule has 2 fully saturated rings. The highest BCUT2D eigenvalue weighted by Crippen LogP contribution is 2.53. The van der Waals surface area contributed by atoms with Gasteiger partial charge in [0.25, 0.3) is 0 Å². The molecular formula is C27H34N2O4. The average Bonchev–Trinajstić information content (AvgIpc) is 3.09. The second-order valence-electron chi connectivity index (χ2n) is 9.23. The van der Waals surface area contributed by atoms with Crippen LogP contribution in [0.25, 0.3) is 0 Å². The van der Waals surface area contributed by atoms with Crippen molar-refractivity contribution in [3.05, 3.63) is 60.3 Å². The summed E-state index contributed by atoms with van der Waals surface area (Å²) >= 11 is 0. The Bertz CT molecular complexity index is 933. The van der Waals surface area contributed by atoms with Gasteiger partial charge in [-0.2, -0.15) is 0 Å². The van der Waals surface area contributed by atoms with Crippen LogP contribution < -0.4 is 0 Å². The van der Waals surface area contributed by atoms with Gasteiger partial charge < -0.3 is 14.5 Å². The second kappa shape index (κ2) is 9.94. The van der Waals surface area contributed by atoms with Gasteiger partial charge in [-0.05, 0) is 50.5 Å². The van der Waals surface area contributed by atoms with Crippen molar-refractivity contribution in [3.63, 3.8) is 0 Å². The molecule has 0 unspecified atom stereocenters. The number of nitrogens with zero attached hydrogens (tertiary/aromatic N) is 2. The molecule has 2 aliphatic heterocycles. The van der Waals surface area contributed by atoms with Crippen molar-refractivity contribution < 1.29 is 19.1 Å². The van der Waals surface area contributed by atoms with Gasteiger partial charge in [-0.1, -0.05) is 42.5 Å². The lowest BCUT2D eigenvalue weighted by Gasteiger charge is -2.37. The van der Waals surface area contributed by atoms with Crippen molar-refractivity contribution in [2.24, 2.45) is 11.3 Å². The smallest absolute Gasteiger partial charge is 0.318 e. The first-order valence-corrected chi connectivity index (χ1v) is 12.2. The number of rotatable bonds is 7. The first kappa shape index (κ1) is 23.3. The number of benzene rings is 1. The number of likely N-dealkylation sites (tertiary alicyclic amines) is 2. The van der Waals surface area contributed by atoms with Gasteiger partial charge in [0.2, 0.25) is 11.8 Å². The Morgan fingerprint density at radius 1 is 1.21 bits per heavy atom. The summed E-state index contributed by atoms with van der Waals surface area (Å²) in [5.41, 5.74) is 0.957. The summed E-state index contributed by atoms with van der Waals surface area (Å²) < 4.78 is 5.47. The number of carbonyl (C=O) groups excluding carboxylic acids is 3. The maximum Gasteiger partial charge on any atom is 0.318 e. The van der Waals surface area contributed by atoms with Crippen LogP contribution in [0, 0.1) is 11.3 Å². The van der Waals surface area contributed by atoms with Crippen LogP contribution in [0.3, 0.4) is 0 Å². The van der Waals surface area contributed by atoms with Gasteiger partial charge in [0.05, 0.1) is 12.5 Å². The molecule has 1 aliphatic carbocycles. The molecule has 176 valence electrons. The highest BCUT2D eigenvalue weighted by Gasteiger charge is 2.62. The van der Waals surface area contributed by atoms with Crippen LogP contribution in [-0.4, -0.2) is 53.8 Å². The number of esters is 1. The van der Waals surface area contributed by atoms with Crippen LogP contribution in [-0.2, 0) is 19.1 Å². The van der Waals surface area contributed by atoms with Gasteiger partial charge in [-0.25, -0.2) is 0 Å². The lowest BCUT2D eigenvalue weighted by atomic mass is 9.68. The highest BCUT2D eigenvalue weighted by atomic mass is 16.5. The minimum Gasteiger partial charge on any atom is -0.465 e. The van der Waals surface area contributed by atoms with Crippen LogP contribution in [0.5, 0.6) is 0 Å². The Morgan fingerprint density at radius 3 is 2.61 bits per heavy atom. The van der Waals surface area contributed by atoms with Gasteiger partial charge in [0.1, 0.15) is 5.41 Å². The highest BCUT2D eigenvalue weighted by molar-refractivity contribution is 5.99. The largest absolute Gasteiger partial charge is 0.465 e. The molecule has 1 aromatic rings. The number of hydrogen-bond donors (Lipinski definition) is 0. The van der Waals surface area contributed by atoms with Gasteiger partial charge in [-0.3, -0.25) is 14.4 Å². The molecule has 3 aliphatic rings. The van der Waals surface area contributed by atoms with Crippen LogP contribution in [0.2, 0.25) is 0 Å². The molecule has 2 heterocycles. The summed E-state index contributed by atoms with van der Waals surface area (Å²) in [6.45, 7) is 7.48. The molecule has 0 saturated carbocycles. The van der Waals surface area contributed by atoms with Gasteiger partial charge in [0.15, 0.2) is 0 Å². The molecule has 33 heavy (non-hydrogen) atoms. The van der Waals surface area contributed by atoms with Crippen molar-refractivity contribution in [3.8, 4) is 0 Å². The zero-order valence-corrected chi connectivity index (χ0v) is 19.5. The first-order chi connectivity index (χ1) is 16.0. The normalized spacial score (nSPS) is 25.4. The Kier molecular flexibility index (Phi) is 7.01. The number of allylic oxidation sites excluding steroid dienone is 1. The van der Waals surface area contributed by atoms with Crippen molar-refractivity contribution in [1.82, 2.24) is 9.80 Å². The quantitative estimate of drug-likeness (QED) is 0.464. The van der Waals surface area contributed by atoms with E-state index in [1.165, 1.54) is 5.56 Å². The molecule has 0 N–H and O–H groups in total. The van der Waals surface area contributed by atoms with E-state index in [0.717, 1.165) is 25.7 Å². The van der Waals surface area contributed by atoms with Crippen LogP contribution in [0.4, 0.5) is 0 Å². The van der Waals surface area contributed by atoms with Crippen molar-refractivity contribution >= 4 is 17.8 Å². The Hall–Kier alpha value is -2.89. The Morgan fingerprint density at radius 2 is 1.94 bits per heavy atom. The molecule has 2 amide bonds. The average molecular weight is 451 g/mol. The summed E-state index contributed by atoms with van der Waals surface area (Å²) in [4.78, 5) is 43.6. The predicted molar refractivity (Wildman–Crippen MR) is 126 cm³/mol. The zero-order chi connectivity index (χ0) is 23.4. The standard InChI is InChI=1S/C27H34N2O4/c1-3-16-29-23-12-8-9-15-27(23,26(32)33-4-2)22(25(29)31)19-24(30)28-17-13-21(14-18-28)20-10-6-5-7-11-20/h3,5-7,10-12,21-22H,1,4,8-9,13-19H2,2H3/t22-,27-/m0/s1. The SMILES string of the molecule is C=CCN1C(=O)[C@H](CC(=O)N2CCC(c3ccccc3)CC2)[C@@]2(C(=O)OCC)CCCC=C12. The van der Waals surface area contributed by atoms with E-state index >= 15 is 0 Å². The minimum atomic E-state index is -1.06. The van der Waals surface area contributed by atoms with E-state index in [0.29, 0.717) is 37.7 Å². The number of ether oxygens (including phenoxy) is 1. The summed E-state index contributed by atoms with van der Waals surface area (Å²) in [5, 5.41) is 0. The maximum absolute atomic E-state index is 13.5. The molecular weight excluding hydrogens is 416 g/mol. The zero-order valence-electron chi connectivity index (χ0n) is 19.5. The number of carbonyl (C=O) groups is 3. The molecule has 4 rings (SSSR count). The monoisotopic (exact) mass is 450 g/mol. The molecule has 1 aromatic carbocycles. The van der Waals surface area contributed by atoms with Gasteiger partial charge in [-0.15, -0.1) is 6.58 Å². The predicted octanol–water partition coefficient (Wildman–Crippen LogP) is 4.04. The number of fused-ring (bicyclic) bond motifs is 1. The molecule has 2 saturated heterocycles. The molecule has 0 aromatic heterocycles. The Labute approximate surface area is 196 Å². The van der Waals surface area contributed by atoms with Crippen molar-refractivity contribution in [2.75, 3.05) is 26.2 Å². The molecule has 0 bridgehead atoms. The van der Waals surface area contributed by atoms with Gasteiger partial charge in [0, 0.05) is 31.8 Å². The lowest BCUT2D eigenvalue weighted by Crippen LogP contribution is -2.45. The van der Waals surface area contributed by atoms with Crippen molar-refractivity contribution in [2.45, 2.75) is 51.4 Å². The second-order valence-corrected chi connectivity index (χ2v) is 9.23. The fourth-order valence-corrected chi connectivity index (χ4v) is 5.83. The van der Waals surface area contributed by atoms with E-state index in [1.54, 1.807) is 17.9 Å². The molecule has 2 atom stereocenters. The maximum atomic E-state index is 13.5. The summed E-state index contributed by atoms with van der Waals surface area (Å²) in [6, 6.07) is 10.4. The van der Waals surface area contributed by atoms with Crippen LogP contribution >= 0.6 is 0 Å². The van der Waals surface area contributed by atoms with Crippen LogP contribution in [0.1, 0.15) is 56.9 Å². The fourth-order valence-electron chi connectivity index (χ4n) is 5.83. The number of piperidine rings is 1. The Balaban J connectivity index is 1.53. The van der Waals surface area contributed by atoms with E-state index in [9.17, 15) is 14.4 Å². The fraction of sp³-hybridized carbons (Fsp3) is 0.519. The van der Waals surface area contributed by atoms with E-state index in [4.69, 9.17) is 4.74 Å². The third-order valence-electron chi connectivity index (χ3n) is 7.47. The molecule has 6 nitrogen and oxygen atoms in total. The summed E-state index contributed by atoms with van der Waals surface area (Å²) in [6.07, 6.45) is 7.65. The minimum absolute atomic E-state index is 0.0403. The van der Waals surface area contributed by atoms with Gasteiger partial charge >= 0.3 is 5.97 Å². The number of hydrogen-bond acceptors (Lipinski definition) is 4. The van der Waals surface area contributed by atoms with Crippen LogP contribution in [0.15, 0.2) is 54.8 Å². The molecule has 0 spiro atoms. The topological polar surface area (TPSA) is 66.9 Å². The lowest BCUT2D eigenvalue weighted by molar-refractivity contribution is -0.158. The third-order valence-corrected chi connectivity index (χ3v) is 7.47. The van der Waals surface area contributed by atoms with E-state index in [1.807, 2.05) is 17.0 Å². The summed E-state index contributed by atoms with van der Waals surface area (Å²) in [5.74, 6) is -0.860. The van der Waals surface area contributed by atoms with E-state index in [-0.39, 0.29) is 30.8 Å². The number of amides is 2. The summed E-state index contributed by atoms with van der Waals surface area (Å²) in [7, 11) is 0. The van der Waals surface area contributed by atoms with E-state index < -0.39 is 11.3 Å². The molecule has 6 heteroatoms. The third kappa shape index (κ3) is 4.23. The van der Waals surface area contributed by atoms with Crippen molar-refractivity contribution in [1.29, 1.82) is 0 Å².